The highest BCUT2D eigenvalue weighted by atomic mass is 35.5. The Labute approximate surface area is 121 Å². The summed E-state index contributed by atoms with van der Waals surface area (Å²) in [4.78, 5) is 26.3. The SMILES string of the molecule is O=C(c1cncc(Cl)n1)N(Cc1ccncc1)C1CC1. The number of aromatic nitrogens is 3. The average Bonchev–Trinajstić information content (AvgIpc) is 3.30. The van der Waals surface area contributed by atoms with Gasteiger partial charge in [-0.1, -0.05) is 11.6 Å². The van der Waals surface area contributed by atoms with Crippen LogP contribution < -0.4 is 0 Å². The molecule has 20 heavy (non-hydrogen) atoms. The van der Waals surface area contributed by atoms with Gasteiger partial charge in [-0.2, -0.15) is 0 Å². The molecule has 6 heteroatoms. The van der Waals surface area contributed by atoms with Crippen LogP contribution in [-0.2, 0) is 6.54 Å². The zero-order valence-electron chi connectivity index (χ0n) is 10.7. The standard InChI is InChI=1S/C14H13ClN4O/c15-13-8-17-7-12(18-13)14(20)19(11-1-2-11)9-10-3-5-16-6-4-10/h3-8,11H,1-2,9H2. The number of carbonyl (C=O) groups excluding carboxylic acids is 1. The molecule has 0 unspecified atom stereocenters. The summed E-state index contributed by atoms with van der Waals surface area (Å²) in [5, 5.41) is 0.232. The smallest absolute Gasteiger partial charge is 0.274 e. The summed E-state index contributed by atoms with van der Waals surface area (Å²) in [5.74, 6) is -0.126. The van der Waals surface area contributed by atoms with Crippen molar-refractivity contribution in [2.75, 3.05) is 0 Å². The molecule has 1 aliphatic carbocycles. The minimum Gasteiger partial charge on any atom is -0.330 e. The third-order valence-corrected chi connectivity index (χ3v) is 3.36. The van der Waals surface area contributed by atoms with Crippen LogP contribution in [-0.4, -0.2) is 31.8 Å². The third-order valence-electron chi connectivity index (χ3n) is 3.18. The van der Waals surface area contributed by atoms with Gasteiger partial charge in [0.2, 0.25) is 0 Å². The van der Waals surface area contributed by atoms with Gasteiger partial charge in [0.05, 0.1) is 12.4 Å². The van der Waals surface area contributed by atoms with Crippen LogP contribution >= 0.6 is 11.6 Å². The van der Waals surface area contributed by atoms with Crippen LogP contribution in [0.2, 0.25) is 5.15 Å². The van der Waals surface area contributed by atoms with Crippen LogP contribution in [0.15, 0.2) is 36.9 Å². The van der Waals surface area contributed by atoms with E-state index in [1.54, 1.807) is 12.4 Å². The van der Waals surface area contributed by atoms with Gasteiger partial charge in [0.25, 0.3) is 5.91 Å². The number of amides is 1. The van der Waals surface area contributed by atoms with E-state index in [4.69, 9.17) is 11.6 Å². The number of halogens is 1. The predicted molar refractivity (Wildman–Crippen MR) is 74.2 cm³/mol. The fourth-order valence-electron chi connectivity index (χ4n) is 2.03. The topological polar surface area (TPSA) is 59.0 Å². The van der Waals surface area contributed by atoms with Crippen LogP contribution in [0, 0.1) is 0 Å². The molecule has 0 aromatic carbocycles. The Morgan fingerprint density at radius 2 is 2.00 bits per heavy atom. The van der Waals surface area contributed by atoms with E-state index in [0.717, 1.165) is 18.4 Å². The first-order chi connectivity index (χ1) is 9.74. The van der Waals surface area contributed by atoms with Gasteiger partial charge in [-0.3, -0.25) is 14.8 Å². The maximum absolute atomic E-state index is 12.5. The molecule has 102 valence electrons. The Morgan fingerprint density at radius 3 is 2.65 bits per heavy atom. The van der Waals surface area contributed by atoms with Gasteiger partial charge in [-0.15, -0.1) is 0 Å². The van der Waals surface area contributed by atoms with Crippen molar-refractivity contribution in [2.24, 2.45) is 0 Å². The van der Waals surface area contributed by atoms with Gasteiger partial charge in [0.1, 0.15) is 10.8 Å². The van der Waals surface area contributed by atoms with E-state index in [9.17, 15) is 4.79 Å². The Balaban J connectivity index is 1.82. The highest BCUT2D eigenvalue weighted by Gasteiger charge is 2.33. The zero-order valence-corrected chi connectivity index (χ0v) is 11.5. The molecule has 0 atom stereocenters. The van der Waals surface area contributed by atoms with E-state index in [0.29, 0.717) is 12.2 Å². The number of rotatable bonds is 4. The summed E-state index contributed by atoms with van der Waals surface area (Å²) in [6.07, 6.45) is 8.39. The second kappa shape index (κ2) is 5.54. The first-order valence-corrected chi connectivity index (χ1v) is 6.79. The second-order valence-electron chi connectivity index (χ2n) is 4.75. The Kier molecular flexibility index (Phi) is 3.60. The Bertz CT molecular complexity index is 616. The lowest BCUT2D eigenvalue weighted by Crippen LogP contribution is -2.33. The van der Waals surface area contributed by atoms with Gasteiger partial charge in [0.15, 0.2) is 0 Å². The largest absolute Gasteiger partial charge is 0.330 e. The molecule has 2 aromatic heterocycles. The molecule has 5 nitrogen and oxygen atoms in total. The van der Waals surface area contributed by atoms with Crippen molar-refractivity contribution in [1.29, 1.82) is 0 Å². The molecular weight excluding hydrogens is 276 g/mol. The van der Waals surface area contributed by atoms with Gasteiger partial charge >= 0.3 is 0 Å². The van der Waals surface area contributed by atoms with Crippen molar-refractivity contribution >= 4 is 17.5 Å². The second-order valence-corrected chi connectivity index (χ2v) is 5.13. The molecule has 2 aromatic rings. The van der Waals surface area contributed by atoms with Gasteiger partial charge in [-0.25, -0.2) is 4.98 Å². The fraction of sp³-hybridized carbons (Fsp3) is 0.286. The van der Waals surface area contributed by atoms with E-state index in [1.807, 2.05) is 17.0 Å². The first-order valence-electron chi connectivity index (χ1n) is 6.41. The lowest BCUT2D eigenvalue weighted by Gasteiger charge is -2.22. The fourth-order valence-corrected chi connectivity index (χ4v) is 2.18. The number of hydrogen-bond donors (Lipinski definition) is 0. The lowest BCUT2D eigenvalue weighted by atomic mass is 10.2. The van der Waals surface area contributed by atoms with Gasteiger partial charge in [0, 0.05) is 25.0 Å². The monoisotopic (exact) mass is 288 g/mol. The summed E-state index contributed by atoms with van der Waals surface area (Å²) in [7, 11) is 0. The van der Waals surface area contributed by atoms with E-state index in [2.05, 4.69) is 15.0 Å². The van der Waals surface area contributed by atoms with Crippen LogP contribution in [0.4, 0.5) is 0 Å². The first kappa shape index (κ1) is 13.0. The number of nitrogens with zero attached hydrogens (tertiary/aromatic N) is 4. The molecular formula is C14H13ClN4O. The Morgan fingerprint density at radius 1 is 1.25 bits per heavy atom. The van der Waals surface area contributed by atoms with E-state index in [-0.39, 0.29) is 17.1 Å². The highest BCUT2D eigenvalue weighted by Crippen LogP contribution is 2.29. The third kappa shape index (κ3) is 2.93. The summed E-state index contributed by atoms with van der Waals surface area (Å²) in [6.45, 7) is 0.556. The number of pyridine rings is 1. The summed E-state index contributed by atoms with van der Waals surface area (Å²) in [6, 6.07) is 4.11. The minimum atomic E-state index is -0.126. The molecule has 0 saturated heterocycles. The molecule has 0 bridgehead atoms. The normalized spacial score (nSPS) is 14.1. The summed E-state index contributed by atoms with van der Waals surface area (Å²) < 4.78 is 0. The molecule has 1 amide bonds. The van der Waals surface area contributed by atoms with Crippen molar-refractivity contribution in [1.82, 2.24) is 19.9 Å². The minimum absolute atomic E-state index is 0.126. The van der Waals surface area contributed by atoms with E-state index < -0.39 is 0 Å². The van der Waals surface area contributed by atoms with Crippen molar-refractivity contribution in [3.8, 4) is 0 Å². The number of carbonyl (C=O) groups is 1. The predicted octanol–water partition coefficient (Wildman–Crippen LogP) is 2.33. The molecule has 1 aliphatic rings. The molecule has 1 saturated carbocycles. The molecule has 0 N–H and O–H groups in total. The van der Waals surface area contributed by atoms with Crippen molar-refractivity contribution in [3.05, 3.63) is 53.3 Å². The molecule has 2 heterocycles. The van der Waals surface area contributed by atoms with Crippen molar-refractivity contribution < 1.29 is 4.79 Å². The van der Waals surface area contributed by atoms with Gasteiger partial charge in [-0.05, 0) is 30.5 Å². The molecule has 1 fully saturated rings. The molecule has 0 spiro atoms. The van der Waals surface area contributed by atoms with Crippen LogP contribution in [0.5, 0.6) is 0 Å². The molecule has 0 radical (unpaired) electrons. The van der Waals surface area contributed by atoms with E-state index in [1.165, 1.54) is 12.4 Å². The number of hydrogen-bond acceptors (Lipinski definition) is 4. The van der Waals surface area contributed by atoms with E-state index >= 15 is 0 Å². The Hall–Kier alpha value is -2.01. The van der Waals surface area contributed by atoms with Crippen LogP contribution in [0.25, 0.3) is 0 Å². The average molecular weight is 289 g/mol. The summed E-state index contributed by atoms with van der Waals surface area (Å²) >= 11 is 5.80. The van der Waals surface area contributed by atoms with Gasteiger partial charge < -0.3 is 4.90 Å². The van der Waals surface area contributed by atoms with Crippen molar-refractivity contribution in [2.45, 2.75) is 25.4 Å². The highest BCUT2D eigenvalue weighted by molar-refractivity contribution is 6.29. The van der Waals surface area contributed by atoms with Crippen molar-refractivity contribution in [3.63, 3.8) is 0 Å². The molecule has 0 aliphatic heterocycles. The molecule has 3 rings (SSSR count). The van der Waals surface area contributed by atoms with Crippen LogP contribution in [0.3, 0.4) is 0 Å². The summed E-state index contributed by atoms with van der Waals surface area (Å²) in [5.41, 5.74) is 1.34. The maximum Gasteiger partial charge on any atom is 0.274 e. The zero-order chi connectivity index (χ0) is 13.9. The van der Waals surface area contributed by atoms with Crippen LogP contribution in [0.1, 0.15) is 28.9 Å². The lowest BCUT2D eigenvalue weighted by molar-refractivity contribution is 0.0723. The quantitative estimate of drug-likeness (QED) is 0.866. The maximum atomic E-state index is 12.5.